The molecule has 94 valence electrons. The van der Waals surface area contributed by atoms with Crippen LogP contribution < -0.4 is 11.1 Å². The van der Waals surface area contributed by atoms with Gasteiger partial charge in [0.1, 0.15) is 5.52 Å². The molecule has 5 heteroatoms. The Bertz CT molecular complexity index is 587. The lowest BCUT2D eigenvalue weighted by Gasteiger charge is -2.15. The number of nitrogens with zero attached hydrogens (tertiary/aromatic N) is 1. The van der Waals surface area contributed by atoms with Gasteiger partial charge in [0.15, 0.2) is 12.0 Å². The second kappa shape index (κ2) is 4.10. The molecular weight excluding hydrogens is 230 g/mol. The van der Waals surface area contributed by atoms with E-state index in [1.807, 2.05) is 18.2 Å². The number of hydrogen-bond acceptors (Lipinski definition) is 4. The van der Waals surface area contributed by atoms with Gasteiger partial charge in [0.2, 0.25) is 5.91 Å². The molecule has 0 saturated heterocycles. The van der Waals surface area contributed by atoms with E-state index >= 15 is 0 Å². The highest BCUT2D eigenvalue weighted by atomic mass is 16.3. The normalized spacial score (nSPS) is 16.7. The lowest BCUT2D eigenvalue weighted by molar-refractivity contribution is -0.123. The first-order chi connectivity index (χ1) is 8.76. The van der Waals surface area contributed by atoms with Crippen molar-refractivity contribution in [2.24, 2.45) is 5.73 Å². The van der Waals surface area contributed by atoms with Crippen molar-refractivity contribution in [3.05, 3.63) is 30.2 Å². The SMILES string of the molecule is NCCNC(=O)C1(c2ccc3ncoc3c2)CC1. The van der Waals surface area contributed by atoms with E-state index in [1.54, 1.807) is 0 Å². The highest BCUT2D eigenvalue weighted by Crippen LogP contribution is 2.48. The summed E-state index contributed by atoms with van der Waals surface area (Å²) >= 11 is 0. The van der Waals surface area contributed by atoms with Crippen LogP contribution in [-0.4, -0.2) is 24.0 Å². The Morgan fingerprint density at radius 3 is 3.06 bits per heavy atom. The summed E-state index contributed by atoms with van der Waals surface area (Å²) in [6, 6.07) is 5.77. The summed E-state index contributed by atoms with van der Waals surface area (Å²) in [5, 5.41) is 2.87. The molecule has 1 fully saturated rings. The van der Waals surface area contributed by atoms with Crippen LogP contribution in [0.25, 0.3) is 11.1 Å². The third-order valence-electron chi connectivity index (χ3n) is 3.50. The minimum absolute atomic E-state index is 0.0619. The van der Waals surface area contributed by atoms with Crippen LogP contribution >= 0.6 is 0 Å². The average molecular weight is 245 g/mol. The summed E-state index contributed by atoms with van der Waals surface area (Å²) in [5.74, 6) is 0.0619. The Labute approximate surface area is 104 Å². The fourth-order valence-electron chi connectivity index (χ4n) is 2.28. The molecule has 3 rings (SSSR count). The molecule has 1 amide bonds. The Morgan fingerprint density at radius 1 is 1.50 bits per heavy atom. The summed E-state index contributed by atoms with van der Waals surface area (Å²) in [6.07, 6.45) is 3.18. The zero-order valence-corrected chi connectivity index (χ0v) is 9.98. The molecule has 1 aromatic carbocycles. The van der Waals surface area contributed by atoms with E-state index < -0.39 is 0 Å². The number of nitrogens with one attached hydrogen (secondary N) is 1. The maximum absolute atomic E-state index is 12.1. The number of nitrogens with two attached hydrogens (primary N) is 1. The Hall–Kier alpha value is -1.88. The fourth-order valence-corrected chi connectivity index (χ4v) is 2.28. The maximum Gasteiger partial charge on any atom is 0.230 e. The van der Waals surface area contributed by atoms with Gasteiger partial charge in [-0.25, -0.2) is 4.98 Å². The topological polar surface area (TPSA) is 81.1 Å². The summed E-state index contributed by atoms with van der Waals surface area (Å²) in [4.78, 5) is 16.2. The molecule has 3 N–H and O–H groups in total. The van der Waals surface area contributed by atoms with Crippen molar-refractivity contribution in [1.29, 1.82) is 0 Å². The molecule has 1 aliphatic carbocycles. The number of amides is 1. The Morgan fingerprint density at radius 2 is 2.33 bits per heavy atom. The number of aromatic nitrogens is 1. The van der Waals surface area contributed by atoms with Gasteiger partial charge in [-0.15, -0.1) is 0 Å². The van der Waals surface area contributed by atoms with Gasteiger partial charge in [0, 0.05) is 13.1 Å². The molecule has 2 aromatic rings. The molecule has 0 aliphatic heterocycles. The standard InChI is InChI=1S/C13H15N3O2/c14-5-6-15-12(17)13(3-4-13)9-1-2-10-11(7-9)18-8-16-10/h1-2,7-8H,3-6,14H2,(H,15,17). The molecule has 5 nitrogen and oxygen atoms in total. The lowest BCUT2D eigenvalue weighted by atomic mass is 9.94. The minimum atomic E-state index is -0.379. The van der Waals surface area contributed by atoms with E-state index in [9.17, 15) is 4.79 Å². The van der Waals surface area contributed by atoms with Crippen LogP contribution in [0.15, 0.2) is 29.0 Å². The van der Waals surface area contributed by atoms with Crippen LogP contribution in [0.1, 0.15) is 18.4 Å². The second-order valence-corrected chi connectivity index (χ2v) is 4.66. The predicted octanol–water partition coefficient (Wildman–Crippen LogP) is 0.934. The van der Waals surface area contributed by atoms with Crippen LogP contribution in [0.4, 0.5) is 0 Å². The number of carbonyl (C=O) groups excluding carboxylic acids is 1. The van der Waals surface area contributed by atoms with Crippen LogP contribution in [0.3, 0.4) is 0 Å². The number of benzene rings is 1. The maximum atomic E-state index is 12.1. The van der Waals surface area contributed by atoms with Crippen LogP contribution in [-0.2, 0) is 10.2 Å². The number of fused-ring (bicyclic) bond motifs is 1. The van der Waals surface area contributed by atoms with Gasteiger partial charge < -0.3 is 15.5 Å². The van der Waals surface area contributed by atoms with Gasteiger partial charge in [0.25, 0.3) is 0 Å². The highest BCUT2D eigenvalue weighted by Gasteiger charge is 2.51. The van der Waals surface area contributed by atoms with Gasteiger partial charge in [0.05, 0.1) is 5.41 Å². The van der Waals surface area contributed by atoms with Crippen LogP contribution in [0.2, 0.25) is 0 Å². The number of oxazole rings is 1. The lowest BCUT2D eigenvalue weighted by Crippen LogP contribution is -2.37. The van der Waals surface area contributed by atoms with Crippen molar-refractivity contribution >= 4 is 17.0 Å². The van der Waals surface area contributed by atoms with Crippen molar-refractivity contribution in [2.45, 2.75) is 18.3 Å². The number of carbonyl (C=O) groups is 1. The smallest absolute Gasteiger partial charge is 0.230 e. The quantitative estimate of drug-likeness (QED) is 0.839. The average Bonchev–Trinajstić information content (AvgIpc) is 3.07. The summed E-state index contributed by atoms with van der Waals surface area (Å²) in [5.41, 5.74) is 7.57. The van der Waals surface area contributed by atoms with Crippen molar-refractivity contribution < 1.29 is 9.21 Å². The molecule has 0 atom stereocenters. The van der Waals surface area contributed by atoms with Gasteiger partial charge in [-0.05, 0) is 30.5 Å². The first-order valence-corrected chi connectivity index (χ1v) is 6.08. The van der Waals surface area contributed by atoms with E-state index in [0.29, 0.717) is 13.1 Å². The number of hydrogen-bond donors (Lipinski definition) is 2. The molecule has 1 saturated carbocycles. The van der Waals surface area contributed by atoms with E-state index in [-0.39, 0.29) is 11.3 Å². The number of rotatable bonds is 4. The van der Waals surface area contributed by atoms with Crippen LogP contribution in [0, 0.1) is 0 Å². The van der Waals surface area contributed by atoms with E-state index in [2.05, 4.69) is 10.3 Å². The summed E-state index contributed by atoms with van der Waals surface area (Å²) < 4.78 is 5.28. The zero-order valence-electron chi connectivity index (χ0n) is 9.98. The minimum Gasteiger partial charge on any atom is -0.443 e. The Kier molecular flexibility index (Phi) is 2.56. The van der Waals surface area contributed by atoms with Crippen molar-refractivity contribution in [3.63, 3.8) is 0 Å². The van der Waals surface area contributed by atoms with Crippen molar-refractivity contribution in [1.82, 2.24) is 10.3 Å². The van der Waals surface area contributed by atoms with E-state index in [4.69, 9.17) is 10.2 Å². The van der Waals surface area contributed by atoms with Crippen molar-refractivity contribution in [2.75, 3.05) is 13.1 Å². The predicted molar refractivity (Wildman–Crippen MR) is 67.0 cm³/mol. The third kappa shape index (κ3) is 1.67. The van der Waals surface area contributed by atoms with E-state index in [0.717, 1.165) is 29.5 Å². The molecule has 18 heavy (non-hydrogen) atoms. The van der Waals surface area contributed by atoms with Crippen LogP contribution in [0.5, 0.6) is 0 Å². The molecule has 0 spiro atoms. The van der Waals surface area contributed by atoms with Gasteiger partial charge in [-0.3, -0.25) is 4.79 Å². The highest BCUT2D eigenvalue weighted by molar-refractivity contribution is 5.92. The zero-order chi connectivity index (χ0) is 12.6. The second-order valence-electron chi connectivity index (χ2n) is 4.66. The molecule has 1 aliphatic rings. The fraction of sp³-hybridized carbons (Fsp3) is 0.385. The van der Waals surface area contributed by atoms with Gasteiger partial charge in [-0.2, -0.15) is 0 Å². The Balaban J connectivity index is 1.90. The molecule has 1 aromatic heterocycles. The summed E-state index contributed by atoms with van der Waals surface area (Å²) in [6.45, 7) is 0.980. The molecule has 1 heterocycles. The molecule has 0 radical (unpaired) electrons. The van der Waals surface area contributed by atoms with Crippen molar-refractivity contribution in [3.8, 4) is 0 Å². The first-order valence-electron chi connectivity index (χ1n) is 6.08. The summed E-state index contributed by atoms with van der Waals surface area (Å²) in [7, 11) is 0. The first kappa shape index (κ1) is 11.2. The largest absolute Gasteiger partial charge is 0.443 e. The van der Waals surface area contributed by atoms with Gasteiger partial charge in [-0.1, -0.05) is 6.07 Å². The molecule has 0 unspecified atom stereocenters. The monoisotopic (exact) mass is 245 g/mol. The third-order valence-corrected chi connectivity index (χ3v) is 3.50. The molecule has 0 bridgehead atoms. The molecular formula is C13H15N3O2. The van der Waals surface area contributed by atoms with E-state index in [1.165, 1.54) is 6.39 Å². The van der Waals surface area contributed by atoms with Gasteiger partial charge >= 0.3 is 0 Å².